The number of aromatic nitrogens is 2. The lowest BCUT2D eigenvalue weighted by Gasteiger charge is -2.25. The topological polar surface area (TPSA) is 113 Å². The van der Waals surface area contributed by atoms with Crippen LogP contribution in [0.2, 0.25) is 0 Å². The molecule has 0 unspecified atom stereocenters. The minimum Gasteiger partial charge on any atom is -0.393 e. The van der Waals surface area contributed by atoms with Gasteiger partial charge in [0.1, 0.15) is 23.1 Å². The van der Waals surface area contributed by atoms with Gasteiger partial charge in [-0.1, -0.05) is 6.07 Å². The van der Waals surface area contributed by atoms with Crippen LogP contribution in [-0.2, 0) is 0 Å². The van der Waals surface area contributed by atoms with E-state index in [4.69, 9.17) is 5.73 Å². The molecule has 10 heteroatoms. The summed E-state index contributed by atoms with van der Waals surface area (Å²) in [5.41, 5.74) is 8.02. The van der Waals surface area contributed by atoms with Crippen LogP contribution in [0.5, 0.6) is 0 Å². The molecule has 0 saturated heterocycles. The zero-order chi connectivity index (χ0) is 25.8. The molecule has 7 nitrogen and oxygen atoms in total. The number of amides is 1. The van der Waals surface area contributed by atoms with Crippen molar-refractivity contribution < 1.29 is 18.7 Å². The summed E-state index contributed by atoms with van der Waals surface area (Å²) in [7, 11) is 1.72. The molecule has 4 rings (SSSR count). The van der Waals surface area contributed by atoms with E-state index in [1.54, 1.807) is 25.4 Å². The Hall–Kier alpha value is -2.70. The fourth-order valence-electron chi connectivity index (χ4n) is 4.51. The third kappa shape index (κ3) is 6.16. The molecule has 1 aliphatic carbocycles. The van der Waals surface area contributed by atoms with Crippen LogP contribution < -0.4 is 16.4 Å². The second kappa shape index (κ2) is 11.6. The van der Waals surface area contributed by atoms with Gasteiger partial charge in [0.05, 0.1) is 29.6 Å². The number of nitrogens with zero attached hydrogens (tertiary/aromatic N) is 2. The van der Waals surface area contributed by atoms with Crippen molar-refractivity contribution in [3.63, 3.8) is 0 Å². The highest BCUT2D eigenvalue weighted by Gasteiger charge is 2.24. The van der Waals surface area contributed by atoms with Gasteiger partial charge in [-0.15, -0.1) is 0 Å². The number of aliphatic hydroxyl groups is 1. The molecule has 0 radical (unpaired) electrons. The van der Waals surface area contributed by atoms with Gasteiger partial charge in [-0.3, -0.25) is 4.79 Å². The number of aliphatic hydroxyl groups excluding tert-OH is 1. The van der Waals surface area contributed by atoms with Crippen molar-refractivity contribution in [1.29, 1.82) is 0 Å². The maximum atomic E-state index is 15.1. The summed E-state index contributed by atoms with van der Waals surface area (Å²) in [6.45, 7) is 0.335. The molecule has 36 heavy (non-hydrogen) atoms. The Balaban J connectivity index is 1.56. The van der Waals surface area contributed by atoms with Gasteiger partial charge in [0, 0.05) is 21.6 Å². The largest absolute Gasteiger partial charge is 0.393 e. The van der Waals surface area contributed by atoms with Crippen molar-refractivity contribution >= 4 is 34.3 Å². The fourth-order valence-corrected chi connectivity index (χ4v) is 5.17. The van der Waals surface area contributed by atoms with Gasteiger partial charge in [0.15, 0.2) is 0 Å². The van der Waals surface area contributed by atoms with E-state index in [0.717, 1.165) is 18.5 Å². The fraction of sp³-hybridized carbons (Fsp3) is 0.346. The number of hydrogen-bond acceptors (Lipinski definition) is 6. The van der Waals surface area contributed by atoms with Gasteiger partial charge in [-0.25, -0.2) is 18.7 Å². The first-order valence-electron chi connectivity index (χ1n) is 11.8. The first-order valence-corrected chi connectivity index (χ1v) is 12.8. The molecule has 1 aromatic heterocycles. The maximum absolute atomic E-state index is 15.1. The molecule has 5 N–H and O–H groups in total. The first kappa shape index (κ1) is 26.4. The van der Waals surface area contributed by atoms with Crippen molar-refractivity contribution in [2.75, 3.05) is 19.3 Å². The Morgan fingerprint density at radius 3 is 2.61 bits per heavy atom. The quantitative estimate of drug-likeness (QED) is 0.298. The molecule has 1 fully saturated rings. The molecular formula is C26H28F2IN5O2. The van der Waals surface area contributed by atoms with Gasteiger partial charge in [-0.2, -0.15) is 0 Å². The average molecular weight is 607 g/mol. The molecule has 0 aliphatic heterocycles. The number of rotatable bonds is 7. The van der Waals surface area contributed by atoms with Crippen LogP contribution in [0.15, 0.2) is 42.6 Å². The van der Waals surface area contributed by atoms with Crippen molar-refractivity contribution in [3.8, 4) is 11.3 Å². The Morgan fingerprint density at radius 2 is 1.94 bits per heavy atom. The van der Waals surface area contributed by atoms with Crippen molar-refractivity contribution in [3.05, 3.63) is 74.6 Å². The molecule has 0 bridgehead atoms. The lowest BCUT2D eigenvalue weighted by atomic mass is 9.85. The molecule has 1 aliphatic rings. The van der Waals surface area contributed by atoms with Crippen LogP contribution in [0.3, 0.4) is 0 Å². The Morgan fingerprint density at radius 1 is 1.19 bits per heavy atom. The van der Waals surface area contributed by atoms with Crippen molar-refractivity contribution in [2.24, 2.45) is 0 Å². The summed E-state index contributed by atoms with van der Waals surface area (Å²) in [6.07, 6.45) is 4.35. The number of nitrogens with one attached hydrogen (secondary N) is 2. The van der Waals surface area contributed by atoms with E-state index in [1.165, 1.54) is 24.3 Å². The third-order valence-electron chi connectivity index (χ3n) is 6.42. The number of likely N-dealkylation sites (N-methyl/N-ethyl adjacent to an activating group) is 1. The molecule has 1 saturated carbocycles. The highest BCUT2D eigenvalue weighted by atomic mass is 127. The van der Waals surface area contributed by atoms with E-state index in [9.17, 15) is 14.3 Å². The molecule has 1 heterocycles. The molecule has 190 valence electrons. The number of halogens is 3. The number of benzene rings is 2. The molecule has 1 amide bonds. The van der Waals surface area contributed by atoms with Crippen LogP contribution >= 0.6 is 22.6 Å². The van der Waals surface area contributed by atoms with Crippen LogP contribution in [-0.4, -0.2) is 40.7 Å². The van der Waals surface area contributed by atoms with Gasteiger partial charge in [-0.05, 0) is 91.2 Å². The van der Waals surface area contributed by atoms with Gasteiger partial charge in [0.25, 0.3) is 5.91 Å². The highest BCUT2D eigenvalue weighted by molar-refractivity contribution is 14.1. The van der Waals surface area contributed by atoms with E-state index in [0.29, 0.717) is 39.8 Å². The molecule has 1 atom stereocenters. The van der Waals surface area contributed by atoms with E-state index < -0.39 is 23.6 Å². The van der Waals surface area contributed by atoms with Crippen molar-refractivity contribution in [1.82, 2.24) is 20.6 Å². The Bertz CT molecular complexity index is 1230. The molecule has 2 aromatic carbocycles. The second-order valence-corrected chi connectivity index (χ2v) is 10.3. The molecular weight excluding hydrogens is 579 g/mol. The summed E-state index contributed by atoms with van der Waals surface area (Å²) < 4.78 is 29.7. The molecule has 0 spiro atoms. The number of nitrogen functional groups attached to an aromatic ring is 1. The van der Waals surface area contributed by atoms with E-state index in [2.05, 4.69) is 20.6 Å². The van der Waals surface area contributed by atoms with Crippen LogP contribution in [0.25, 0.3) is 11.3 Å². The Labute approximate surface area is 222 Å². The lowest BCUT2D eigenvalue weighted by Crippen LogP contribution is -2.35. The lowest BCUT2D eigenvalue weighted by molar-refractivity contribution is 0.0932. The molecule has 3 aromatic rings. The Kier molecular flexibility index (Phi) is 8.47. The zero-order valence-corrected chi connectivity index (χ0v) is 21.9. The summed E-state index contributed by atoms with van der Waals surface area (Å²) in [5.74, 6) is -1.43. The standard InChI is InChI=1S/C26H28F2IN5O2/c1-31-12-22(16-8-17(27)11-18(29)9-16)34-26(36)20-7-4-15(10-21(20)28)24-25(30)32-13-23(33-24)14-2-5-19(35)6-3-14/h4,7-11,13-14,19,22,31,35H,2-3,5-6,12H2,1H3,(H2,30,32)(H,34,36)/t14?,19?,22-/m1/s1. The minimum atomic E-state index is -0.727. The second-order valence-electron chi connectivity index (χ2n) is 9.02. The number of carbonyl (C=O) groups is 1. The predicted octanol–water partition coefficient (Wildman–Crippen LogP) is 4.32. The summed E-state index contributed by atoms with van der Waals surface area (Å²) in [4.78, 5) is 21.9. The summed E-state index contributed by atoms with van der Waals surface area (Å²) >= 11 is 2.01. The normalized spacial score (nSPS) is 18.6. The monoisotopic (exact) mass is 607 g/mol. The first-order chi connectivity index (χ1) is 17.2. The van der Waals surface area contributed by atoms with E-state index in [-0.39, 0.29) is 23.4 Å². The number of anilines is 1. The maximum Gasteiger partial charge on any atom is 0.254 e. The van der Waals surface area contributed by atoms with E-state index in [1.807, 2.05) is 22.6 Å². The summed E-state index contributed by atoms with van der Waals surface area (Å²) in [6, 6.07) is 8.15. The number of carbonyl (C=O) groups excluding carboxylic acids is 1. The van der Waals surface area contributed by atoms with Crippen molar-refractivity contribution in [2.45, 2.75) is 43.7 Å². The van der Waals surface area contributed by atoms with Crippen LogP contribution in [0.1, 0.15) is 59.3 Å². The number of nitrogens with two attached hydrogens (primary N) is 1. The SMILES string of the molecule is CNC[C@@H](NC(=O)c1ccc(-c2nc(C3CCC(O)CC3)cnc2N)cc1F)c1cc(F)cc(I)c1. The highest BCUT2D eigenvalue weighted by Crippen LogP contribution is 2.34. The van der Waals surface area contributed by atoms with Gasteiger partial charge < -0.3 is 21.5 Å². The van der Waals surface area contributed by atoms with Crippen LogP contribution in [0.4, 0.5) is 14.6 Å². The number of hydrogen-bond donors (Lipinski definition) is 4. The van der Waals surface area contributed by atoms with E-state index >= 15 is 4.39 Å². The average Bonchev–Trinajstić information content (AvgIpc) is 2.84. The van der Waals surface area contributed by atoms with Gasteiger partial charge in [0.2, 0.25) is 0 Å². The third-order valence-corrected chi connectivity index (χ3v) is 7.05. The van der Waals surface area contributed by atoms with Gasteiger partial charge >= 0.3 is 0 Å². The zero-order valence-electron chi connectivity index (χ0n) is 19.8. The predicted molar refractivity (Wildman–Crippen MR) is 142 cm³/mol. The summed E-state index contributed by atoms with van der Waals surface area (Å²) in [5, 5.41) is 15.5. The minimum absolute atomic E-state index is 0.144. The van der Waals surface area contributed by atoms with Crippen LogP contribution in [0, 0.1) is 15.2 Å². The smallest absolute Gasteiger partial charge is 0.254 e.